The van der Waals surface area contributed by atoms with Crippen molar-refractivity contribution in [3.8, 4) is 5.69 Å². The van der Waals surface area contributed by atoms with Crippen LogP contribution in [-0.4, -0.2) is 26.3 Å². The van der Waals surface area contributed by atoms with Crippen LogP contribution in [0.25, 0.3) is 5.69 Å². The summed E-state index contributed by atoms with van der Waals surface area (Å²) in [7, 11) is 0. The van der Waals surface area contributed by atoms with Crippen LogP contribution in [-0.2, 0) is 0 Å². The first-order chi connectivity index (χ1) is 14.7. The molecule has 0 fully saturated rings. The Hall–Kier alpha value is -3.55. The van der Waals surface area contributed by atoms with Gasteiger partial charge >= 0.3 is 5.69 Å². The Morgan fingerprint density at radius 2 is 1.81 bits per heavy atom. The number of carbonyl (C=O) groups is 1. The predicted molar refractivity (Wildman–Crippen MR) is 116 cm³/mol. The summed E-state index contributed by atoms with van der Waals surface area (Å²) in [5, 5.41) is 6.74. The highest BCUT2D eigenvalue weighted by Crippen LogP contribution is 2.15. The molecule has 2 atom stereocenters. The van der Waals surface area contributed by atoms with Crippen molar-refractivity contribution >= 4 is 5.91 Å². The fourth-order valence-corrected chi connectivity index (χ4v) is 3.13. The molecule has 162 valence electrons. The van der Waals surface area contributed by atoms with E-state index in [1.54, 1.807) is 45.0 Å². The highest BCUT2D eigenvalue weighted by Gasteiger charge is 2.24. The molecule has 0 spiro atoms. The minimum Gasteiger partial charge on any atom is -0.348 e. The number of benzene rings is 2. The number of carbonyl (C=O) groups excluding carboxylic acids is 1. The molecule has 3 aromatic rings. The van der Waals surface area contributed by atoms with Gasteiger partial charge in [0.05, 0.1) is 11.7 Å². The predicted octanol–water partition coefficient (Wildman–Crippen LogP) is 2.98. The molecule has 1 N–H and O–H groups in total. The SMILES string of the molecule is CC[C@@H](C)NC(=O)c1nn(-c2ccc(C)c(F)c2)c(=O)n([C@H](C)c2ccccc2)c1=O. The van der Waals surface area contributed by atoms with Crippen molar-refractivity contribution in [3.05, 3.63) is 92.0 Å². The minimum atomic E-state index is -0.800. The van der Waals surface area contributed by atoms with Gasteiger partial charge in [-0.3, -0.25) is 9.59 Å². The second-order valence-corrected chi connectivity index (χ2v) is 7.52. The third kappa shape index (κ3) is 4.47. The summed E-state index contributed by atoms with van der Waals surface area (Å²) in [6.45, 7) is 6.98. The third-order valence-electron chi connectivity index (χ3n) is 5.28. The zero-order valence-electron chi connectivity index (χ0n) is 17.9. The lowest BCUT2D eigenvalue weighted by Crippen LogP contribution is -2.48. The number of nitrogens with one attached hydrogen (secondary N) is 1. The molecule has 3 rings (SSSR count). The fraction of sp³-hybridized carbons (Fsp3) is 0.304. The number of hydrogen-bond acceptors (Lipinski definition) is 4. The average Bonchev–Trinajstić information content (AvgIpc) is 2.76. The number of amides is 1. The van der Waals surface area contributed by atoms with Crippen LogP contribution in [0.3, 0.4) is 0 Å². The lowest BCUT2D eigenvalue weighted by molar-refractivity contribution is 0.0929. The molecule has 2 aromatic carbocycles. The van der Waals surface area contributed by atoms with Gasteiger partial charge in [-0.15, -0.1) is 0 Å². The number of aryl methyl sites for hydroxylation is 1. The van der Waals surface area contributed by atoms with E-state index in [2.05, 4.69) is 10.4 Å². The normalized spacial score (nSPS) is 12.9. The Morgan fingerprint density at radius 3 is 2.42 bits per heavy atom. The fourth-order valence-electron chi connectivity index (χ4n) is 3.13. The Kier molecular flexibility index (Phi) is 6.48. The van der Waals surface area contributed by atoms with Crippen LogP contribution in [0.4, 0.5) is 4.39 Å². The summed E-state index contributed by atoms with van der Waals surface area (Å²) < 4.78 is 16.1. The van der Waals surface area contributed by atoms with E-state index in [4.69, 9.17) is 0 Å². The van der Waals surface area contributed by atoms with Crippen molar-refractivity contribution < 1.29 is 9.18 Å². The van der Waals surface area contributed by atoms with Gasteiger partial charge in [0, 0.05) is 12.1 Å². The number of nitrogens with zero attached hydrogens (tertiary/aromatic N) is 3. The Labute approximate surface area is 179 Å². The van der Waals surface area contributed by atoms with E-state index in [1.165, 1.54) is 12.1 Å². The number of halogens is 1. The maximum absolute atomic E-state index is 14.2. The summed E-state index contributed by atoms with van der Waals surface area (Å²) in [4.78, 5) is 39.2. The van der Waals surface area contributed by atoms with E-state index < -0.39 is 34.7 Å². The number of hydrogen-bond donors (Lipinski definition) is 1. The van der Waals surface area contributed by atoms with Crippen LogP contribution in [0, 0.1) is 12.7 Å². The largest absolute Gasteiger partial charge is 0.352 e. The lowest BCUT2D eigenvalue weighted by atomic mass is 10.1. The van der Waals surface area contributed by atoms with Crippen molar-refractivity contribution in [1.29, 1.82) is 0 Å². The van der Waals surface area contributed by atoms with Gasteiger partial charge < -0.3 is 5.32 Å². The second kappa shape index (κ2) is 9.07. The van der Waals surface area contributed by atoms with Crippen molar-refractivity contribution in [3.63, 3.8) is 0 Å². The molecular weight excluding hydrogens is 399 g/mol. The topological polar surface area (TPSA) is 86.0 Å². The highest BCUT2D eigenvalue weighted by atomic mass is 19.1. The van der Waals surface area contributed by atoms with Gasteiger partial charge in [0.15, 0.2) is 0 Å². The maximum Gasteiger partial charge on any atom is 0.352 e. The monoisotopic (exact) mass is 424 g/mol. The molecule has 0 saturated carbocycles. The van der Waals surface area contributed by atoms with Gasteiger partial charge in [-0.2, -0.15) is 9.78 Å². The van der Waals surface area contributed by atoms with Crippen molar-refractivity contribution in [2.24, 2.45) is 0 Å². The van der Waals surface area contributed by atoms with E-state index >= 15 is 0 Å². The summed E-state index contributed by atoms with van der Waals surface area (Å²) >= 11 is 0. The van der Waals surface area contributed by atoms with Crippen molar-refractivity contribution in [2.75, 3.05) is 0 Å². The maximum atomic E-state index is 14.2. The van der Waals surface area contributed by atoms with E-state index in [0.717, 1.165) is 15.3 Å². The van der Waals surface area contributed by atoms with Crippen LogP contribution in [0.1, 0.15) is 54.8 Å². The molecule has 0 aliphatic heterocycles. The molecular formula is C23H25FN4O3. The first kappa shape index (κ1) is 22.1. The van der Waals surface area contributed by atoms with E-state index in [-0.39, 0.29) is 11.7 Å². The third-order valence-corrected chi connectivity index (χ3v) is 5.28. The molecule has 1 amide bonds. The van der Waals surface area contributed by atoms with E-state index in [1.807, 2.05) is 13.0 Å². The molecule has 0 aliphatic carbocycles. The first-order valence-electron chi connectivity index (χ1n) is 10.1. The van der Waals surface area contributed by atoms with E-state index in [0.29, 0.717) is 17.5 Å². The van der Waals surface area contributed by atoms with Crippen molar-refractivity contribution in [2.45, 2.75) is 46.2 Å². The summed E-state index contributed by atoms with van der Waals surface area (Å²) in [5.41, 5.74) is -0.751. The molecule has 8 heteroatoms. The molecule has 0 unspecified atom stereocenters. The Morgan fingerprint density at radius 1 is 1.13 bits per heavy atom. The van der Waals surface area contributed by atoms with Gasteiger partial charge in [0.25, 0.3) is 11.5 Å². The minimum absolute atomic E-state index is 0.125. The molecule has 31 heavy (non-hydrogen) atoms. The van der Waals surface area contributed by atoms with Crippen LogP contribution in [0.15, 0.2) is 58.1 Å². The highest BCUT2D eigenvalue weighted by molar-refractivity contribution is 5.92. The molecule has 7 nitrogen and oxygen atoms in total. The number of aromatic nitrogens is 3. The lowest BCUT2D eigenvalue weighted by Gasteiger charge is -2.18. The van der Waals surface area contributed by atoms with Gasteiger partial charge in [0.2, 0.25) is 5.69 Å². The van der Waals surface area contributed by atoms with Crippen LogP contribution in [0.2, 0.25) is 0 Å². The van der Waals surface area contributed by atoms with Gasteiger partial charge in [-0.25, -0.2) is 13.8 Å². The summed E-state index contributed by atoms with van der Waals surface area (Å²) in [6, 6.07) is 12.3. The molecule has 1 heterocycles. The average molecular weight is 424 g/mol. The van der Waals surface area contributed by atoms with E-state index in [9.17, 15) is 18.8 Å². The van der Waals surface area contributed by atoms with Crippen LogP contribution < -0.4 is 16.6 Å². The zero-order chi connectivity index (χ0) is 22.7. The molecule has 0 saturated heterocycles. The van der Waals surface area contributed by atoms with Gasteiger partial charge in [-0.1, -0.05) is 43.3 Å². The quantitative estimate of drug-likeness (QED) is 0.659. The van der Waals surface area contributed by atoms with Gasteiger partial charge in [-0.05, 0) is 44.4 Å². The van der Waals surface area contributed by atoms with Crippen molar-refractivity contribution in [1.82, 2.24) is 19.7 Å². The standard InChI is InChI=1S/C23H25FN4O3/c1-5-15(3)25-21(29)20-22(30)27(16(4)17-9-7-6-8-10-17)23(31)28(26-20)18-12-11-14(2)19(24)13-18/h6-13,15-16H,5H2,1-4H3,(H,25,29)/t15-,16-/m1/s1. The smallest absolute Gasteiger partial charge is 0.348 e. The van der Waals surface area contributed by atoms with Crippen LogP contribution in [0.5, 0.6) is 0 Å². The first-order valence-corrected chi connectivity index (χ1v) is 10.1. The molecule has 0 aliphatic rings. The molecule has 0 bridgehead atoms. The molecule has 0 radical (unpaired) electrons. The van der Waals surface area contributed by atoms with Gasteiger partial charge in [0.1, 0.15) is 5.82 Å². The Bertz CT molecular complexity index is 1220. The molecule has 1 aromatic heterocycles. The zero-order valence-corrected chi connectivity index (χ0v) is 17.9. The van der Waals surface area contributed by atoms with Crippen LogP contribution >= 0.6 is 0 Å². The summed E-state index contributed by atoms with van der Waals surface area (Å²) in [6.07, 6.45) is 0.656. The number of rotatable bonds is 6. The Balaban J connectivity index is 2.27. The summed E-state index contributed by atoms with van der Waals surface area (Å²) in [5.74, 6) is -1.21. The second-order valence-electron chi connectivity index (χ2n) is 7.52.